The highest BCUT2D eigenvalue weighted by atomic mass is 16.8. The van der Waals surface area contributed by atoms with E-state index in [1.54, 1.807) is 27.7 Å². The summed E-state index contributed by atoms with van der Waals surface area (Å²) in [7, 11) is 0. The number of aliphatic hydroxyl groups excluding tert-OH is 1. The molecule has 0 bridgehead atoms. The largest absolute Gasteiger partial charge is 0.475 e. The van der Waals surface area contributed by atoms with E-state index in [1.165, 1.54) is 0 Å². The Hall–Kier alpha value is -1.06. The zero-order valence-corrected chi connectivity index (χ0v) is 13.1. The predicted octanol–water partition coefficient (Wildman–Crippen LogP) is 0.0627. The van der Waals surface area contributed by atoms with Gasteiger partial charge < -0.3 is 29.2 Å². The molecular weight excluding hydrogens is 296 g/mol. The lowest BCUT2D eigenvalue weighted by Gasteiger charge is -2.26. The van der Waals surface area contributed by atoms with E-state index >= 15 is 0 Å². The molecule has 2 N–H and O–H groups in total. The van der Waals surface area contributed by atoms with Crippen LogP contribution in [-0.4, -0.2) is 64.6 Å². The van der Waals surface area contributed by atoms with Crippen LogP contribution in [0, 0.1) is 0 Å². The molecular formula is C14H22O8. The van der Waals surface area contributed by atoms with Crippen LogP contribution in [0.15, 0.2) is 0 Å². The first kappa shape index (κ1) is 17.3. The highest BCUT2D eigenvalue weighted by molar-refractivity contribution is 6.32. The number of hydrogen-bond acceptors (Lipinski definition) is 7. The molecule has 0 spiro atoms. The lowest BCUT2D eigenvalue weighted by molar-refractivity contribution is -0.178. The van der Waals surface area contributed by atoms with Crippen molar-refractivity contribution in [3.63, 3.8) is 0 Å². The van der Waals surface area contributed by atoms with E-state index in [0.717, 1.165) is 0 Å². The van der Waals surface area contributed by atoms with Gasteiger partial charge in [-0.1, -0.05) is 0 Å². The molecule has 2 aliphatic heterocycles. The maximum absolute atomic E-state index is 11.4. The number of ketones is 1. The molecule has 126 valence electrons. The Morgan fingerprint density at radius 1 is 1.14 bits per heavy atom. The van der Waals surface area contributed by atoms with Gasteiger partial charge in [0.2, 0.25) is 5.78 Å². The second kappa shape index (κ2) is 5.86. The number of rotatable bonds is 5. The number of carbonyl (C=O) groups is 2. The fourth-order valence-electron chi connectivity index (χ4n) is 2.68. The van der Waals surface area contributed by atoms with Crippen LogP contribution in [-0.2, 0) is 28.5 Å². The molecule has 4 atom stereocenters. The fourth-order valence-corrected chi connectivity index (χ4v) is 2.68. The molecule has 0 saturated carbocycles. The van der Waals surface area contributed by atoms with Crippen LogP contribution in [0.25, 0.3) is 0 Å². The third-order valence-electron chi connectivity index (χ3n) is 3.59. The quantitative estimate of drug-likeness (QED) is 0.685. The lowest BCUT2D eigenvalue weighted by atomic mass is 9.99. The molecule has 8 nitrogen and oxygen atoms in total. The Kier molecular flexibility index (Phi) is 4.61. The summed E-state index contributed by atoms with van der Waals surface area (Å²) in [6, 6.07) is 0. The zero-order chi connectivity index (χ0) is 16.7. The minimum Gasteiger partial charge on any atom is -0.475 e. The van der Waals surface area contributed by atoms with Crippen molar-refractivity contribution in [3.8, 4) is 0 Å². The van der Waals surface area contributed by atoms with E-state index in [9.17, 15) is 14.7 Å². The molecule has 0 aromatic heterocycles. The van der Waals surface area contributed by atoms with Crippen LogP contribution in [0.4, 0.5) is 0 Å². The van der Waals surface area contributed by atoms with E-state index in [1.807, 2.05) is 0 Å². The van der Waals surface area contributed by atoms with Gasteiger partial charge in [0, 0.05) is 6.42 Å². The molecule has 0 aromatic rings. The minimum absolute atomic E-state index is 0.175. The summed E-state index contributed by atoms with van der Waals surface area (Å²) in [5, 5.41) is 19.2. The molecule has 2 aliphatic rings. The number of aliphatic carboxylic acids is 1. The number of Topliss-reactive ketones (excluding diaryl/α,β-unsaturated/α-hetero) is 1. The summed E-state index contributed by atoms with van der Waals surface area (Å²) in [6.07, 6.45) is -3.85. The van der Waals surface area contributed by atoms with Crippen molar-refractivity contribution in [2.75, 3.05) is 6.61 Å². The Balaban J connectivity index is 2.08. The third kappa shape index (κ3) is 3.82. The Bertz CT molecular complexity index is 458. The lowest BCUT2D eigenvalue weighted by Crippen LogP contribution is -2.45. The van der Waals surface area contributed by atoms with E-state index in [0.29, 0.717) is 0 Å². The fraction of sp³-hybridized carbons (Fsp3) is 0.857. The van der Waals surface area contributed by atoms with Gasteiger partial charge in [-0.05, 0) is 27.7 Å². The average molecular weight is 318 g/mol. The van der Waals surface area contributed by atoms with Gasteiger partial charge in [0.1, 0.15) is 18.3 Å². The van der Waals surface area contributed by atoms with Crippen molar-refractivity contribution >= 4 is 11.8 Å². The van der Waals surface area contributed by atoms with E-state index in [2.05, 4.69) is 0 Å². The number of carboxylic acid groups (broad SMARTS) is 1. The minimum atomic E-state index is -1.54. The van der Waals surface area contributed by atoms with Gasteiger partial charge in [0.15, 0.2) is 11.6 Å². The van der Waals surface area contributed by atoms with E-state index in [-0.39, 0.29) is 13.0 Å². The van der Waals surface area contributed by atoms with Crippen molar-refractivity contribution in [2.24, 2.45) is 0 Å². The summed E-state index contributed by atoms with van der Waals surface area (Å²) in [5.41, 5.74) is 0. The SMILES string of the molecule is CC1(C)OC[C@H]([C@@H](O)[C@@H]2OC(C)(C)O[C@@H]2CC(=O)C(=O)O)O1. The normalized spacial score (nSPS) is 34.5. The number of carboxylic acids is 1. The molecule has 2 heterocycles. The average Bonchev–Trinajstić information content (AvgIpc) is 2.88. The highest BCUT2D eigenvalue weighted by Crippen LogP contribution is 2.35. The van der Waals surface area contributed by atoms with Gasteiger partial charge in [0.05, 0.1) is 12.7 Å². The van der Waals surface area contributed by atoms with Crippen LogP contribution < -0.4 is 0 Å². The second-order valence-electron chi connectivity index (χ2n) is 6.43. The molecule has 0 radical (unpaired) electrons. The van der Waals surface area contributed by atoms with E-state index in [4.69, 9.17) is 24.1 Å². The first-order valence-electron chi connectivity index (χ1n) is 7.12. The summed E-state index contributed by atoms with van der Waals surface area (Å²) in [5.74, 6) is -4.37. The van der Waals surface area contributed by atoms with Crippen LogP contribution in [0.1, 0.15) is 34.1 Å². The molecule has 2 fully saturated rings. The van der Waals surface area contributed by atoms with Gasteiger partial charge in [-0.2, -0.15) is 0 Å². The molecule has 0 unspecified atom stereocenters. The maximum Gasteiger partial charge on any atom is 0.372 e. The highest BCUT2D eigenvalue weighted by Gasteiger charge is 2.50. The summed E-state index contributed by atoms with van der Waals surface area (Å²) < 4.78 is 22.2. The number of aliphatic hydroxyl groups is 1. The Morgan fingerprint density at radius 3 is 2.27 bits per heavy atom. The smallest absolute Gasteiger partial charge is 0.372 e. The molecule has 8 heteroatoms. The van der Waals surface area contributed by atoms with Crippen molar-refractivity contribution < 1.29 is 38.7 Å². The van der Waals surface area contributed by atoms with Crippen LogP contribution in [0.5, 0.6) is 0 Å². The Morgan fingerprint density at radius 2 is 1.77 bits per heavy atom. The van der Waals surface area contributed by atoms with Crippen molar-refractivity contribution in [1.29, 1.82) is 0 Å². The van der Waals surface area contributed by atoms with Crippen molar-refractivity contribution in [1.82, 2.24) is 0 Å². The third-order valence-corrected chi connectivity index (χ3v) is 3.59. The molecule has 0 aliphatic carbocycles. The number of hydrogen-bond donors (Lipinski definition) is 2. The topological polar surface area (TPSA) is 112 Å². The summed E-state index contributed by atoms with van der Waals surface area (Å²) in [6.45, 7) is 6.89. The summed E-state index contributed by atoms with van der Waals surface area (Å²) in [4.78, 5) is 22.1. The van der Waals surface area contributed by atoms with Gasteiger partial charge in [0.25, 0.3) is 0 Å². The monoisotopic (exact) mass is 318 g/mol. The molecule has 0 amide bonds. The molecule has 22 heavy (non-hydrogen) atoms. The van der Waals surface area contributed by atoms with Crippen molar-refractivity contribution in [2.45, 2.75) is 70.1 Å². The van der Waals surface area contributed by atoms with E-state index < -0.39 is 47.7 Å². The van der Waals surface area contributed by atoms with Gasteiger partial charge in [-0.15, -0.1) is 0 Å². The first-order chi connectivity index (χ1) is 10.0. The van der Waals surface area contributed by atoms with Gasteiger partial charge in [-0.3, -0.25) is 4.79 Å². The molecule has 0 aromatic carbocycles. The van der Waals surface area contributed by atoms with Crippen LogP contribution in [0.3, 0.4) is 0 Å². The first-order valence-corrected chi connectivity index (χ1v) is 7.12. The maximum atomic E-state index is 11.4. The van der Waals surface area contributed by atoms with Gasteiger partial charge >= 0.3 is 5.97 Å². The zero-order valence-electron chi connectivity index (χ0n) is 13.1. The van der Waals surface area contributed by atoms with Crippen molar-refractivity contribution in [3.05, 3.63) is 0 Å². The van der Waals surface area contributed by atoms with Gasteiger partial charge in [-0.25, -0.2) is 4.79 Å². The molecule has 2 rings (SSSR count). The predicted molar refractivity (Wildman–Crippen MR) is 72.0 cm³/mol. The van der Waals surface area contributed by atoms with Crippen LogP contribution >= 0.6 is 0 Å². The standard InChI is InChI=1S/C14H22O8/c1-13(2)19-6-9(21-13)10(16)11-8(5-7(15)12(17)18)20-14(3,4)22-11/h8-11,16H,5-6H2,1-4H3,(H,17,18)/t8-,9-,10-,11-/m1/s1. The second-order valence-corrected chi connectivity index (χ2v) is 6.43. The summed E-state index contributed by atoms with van der Waals surface area (Å²) >= 11 is 0. The Labute approximate surface area is 128 Å². The molecule has 2 saturated heterocycles. The van der Waals surface area contributed by atoms with Crippen LogP contribution in [0.2, 0.25) is 0 Å². The number of ether oxygens (including phenoxy) is 4. The number of carbonyl (C=O) groups excluding carboxylic acids is 1.